The molecular weight excluding hydrogens is 346 g/mol. The van der Waals surface area contributed by atoms with Crippen molar-refractivity contribution in [2.24, 2.45) is 0 Å². The highest BCUT2D eigenvalue weighted by Crippen LogP contribution is 2.37. The van der Waals surface area contributed by atoms with E-state index in [-0.39, 0.29) is 17.0 Å². The van der Waals surface area contributed by atoms with Crippen molar-refractivity contribution >= 4 is 21.5 Å². The van der Waals surface area contributed by atoms with E-state index in [0.29, 0.717) is 6.04 Å². The van der Waals surface area contributed by atoms with E-state index < -0.39 is 10.0 Å². The van der Waals surface area contributed by atoms with Gasteiger partial charge in [0.2, 0.25) is 10.0 Å². The highest BCUT2D eigenvalue weighted by Gasteiger charge is 2.31. The predicted octanol–water partition coefficient (Wildman–Crippen LogP) is 3.97. The second kappa shape index (κ2) is 7.00. The lowest BCUT2D eigenvalue weighted by atomic mass is 10.1. The van der Waals surface area contributed by atoms with Crippen LogP contribution in [-0.2, 0) is 16.4 Å². The molecule has 0 saturated carbocycles. The molecule has 140 valence electrons. The lowest BCUT2D eigenvalue weighted by Crippen LogP contribution is -2.42. The standard InChI is InChI=1S/C20H27N3O2S/c1-14(2)23(15(3)4)26(24,25)18-10-11-20(21-13-18)22-16(5)12-17-8-6-7-9-19(17)22/h6-11,13-16H,12H2,1-5H3. The monoisotopic (exact) mass is 373 g/mol. The molecule has 0 fully saturated rings. The number of fused-ring (bicyclic) bond motifs is 1. The Bertz CT molecular complexity index is 868. The van der Waals surface area contributed by atoms with Crippen molar-refractivity contribution < 1.29 is 8.42 Å². The van der Waals surface area contributed by atoms with Crippen LogP contribution in [-0.4, -0.2) is 35.8 Å². The number of benzene rings is 1. The molecular formula is C20H27N3O2S. The van der Waals surface area contributed by atoms with Gasteiger partial charge in [-0.1, -0.05) is 18.2 Å². The van der Waals surface area contributed by atoms with Crippen LogP contribution in [0.4, 0.5) is 11.5 Å². The maximum atomic E-state index is 13.0. The first-order valence-corrected chi connectivity index (χ1v) is 10.5. The average Bonchev–Trinajstić information content (AvgIpc) is 2.89. The molecule has 0 bridgehead atoms. The molecule has 2 heterocycles. The Morgan fingerprint density at radius 1 is 1.08 bits per heavy atom. The lowest BCUT2D eigenvalue weighted by molar-refractivity contribution is 0.302. The minimum absolute atomic E-state index is 0.106. The van der Waals surface area contributed by atoms with Crippen molar-refractivity contribution in [1.82, 2.24) is 9.29 Å². The second-order valence-corrected chi connectivity index (χ2v) is 9.27. The van der Waals surface area contributed by atoms with Crippen molar-refractivity contribution in [2.75, 3.05) is 4.90 Å². The van der Waals surface area contributed by atoms with Gasteiger partial charge in [-0.2, -0.15) is 4.31 Å². The van der Waals surface area contributed by atoms with Gasteiger partial charge in [-0.15, -0.1) is 0 Å². The van der Waals surface area contributed by atoms with Crippen LogP contribution in [0, 0.1) is 0 Å². The molecule has 2 aromatic rings. The molecule has 26 heavy (non-hydrogen) atoms. The van der Waals surface area contributed by atoms with Gasteiger partial charge in [0, 0.05) is 30.0 Å². The van der Waals surface area contributed by atoms with E-state index in [1.165, 1.54) is 16.1 Å². The second-order valence-electron chi connectivity index (χ2n) is 7.43. The predicted molar refractivity (Wildman–Crippen MR) is 105 cm³/mol. The summed E-state index contributed by atoms with van der Waals surface area (Å²) in [6.07, 6.45) is 2.45. The molecule has 6 heteroatoms. The third kappa shape index (κ3) is 3.23. The molecule has 1 aromatic carbocycles. The molecule has 1 aliphatic rings. The van der Waals surface area contributed by atoms with Crippen LogP contribution in [0.3, 0.4) is 0 Å². The van der Waals surface area contributed by atoms with Crippen LogP contribution < -0.4 is 4.90 Å². The van der Waals surface area contributed by atoms with Gasteiger partial charge in [0.05, 0.1) is 0 Å². The van der Waals surface area contributed by atoms with E-state index in [2.05, 4.69) is 28.9 Å². The van der Waals surface area contributed by atoms with Gasteiger partial charge in [0.25, 0.3) is 0 Å². The smallest absolute Gasteiger partial charge is 0.245 e. The summed E-state index contributed by atoms with van der Waals surface area (Å²) in [4.78, 5) is 6.91. The van der Waals surface area contributed by atoms with Gasteiger partial charge in [0.15, 0.2) is 0 Å². The van der Waals surface area contributed by atoms with E-state index in [4.69, 9.17) is 0 Å². The summed E-state index contributed by atoms with van der Waals surface area (Å²) < 4.78 is 27.5. The Balaban J connectivity index is 1.95. The number of nitrogens with zero attached hydrogens (tertiary/aromatic N) is 3. The Morgan fingerprint density at radius 3 is 2.31 bits per heavy atom. The molecule has 5 nitrogen and oxygen atoms in total. The van der Waals surface area contributed by atoms with E-state index >= 15 is 0 Å². The summed E-state index contributed by atoms with van der Waals surface area (Å²) in [6.45, 7) is 9.72. The third-order valence-electron chi connectivity index (χ3n) is 4.77. The Morgan fingerprint density at radius 2 is 1.73 bits per heavy atom. The van der Waals surface area contributed by atoms with E-state index in [1.54, 1.807) is 6.07 Å². The first-order chi connectivity index (χ1) is 12.2. The summed E-state index contributed by atoms with van der Waals surface area (Å²) in [7, 11) is -3.56. The van der Waals surface area contributed by atoms with E-state index in [1.807, 2.05) is 45.9 Å². The van der Waals surface area contributed by atoms with Crippen LogP contribution >= 0.6 is 0 Å². The fourth-order valence-electron chi connectivity index (χ4n) is 3.86. The summed E-state index contributed by atoms with van der Waals surface area (Å²) in [5, 5.41) is 0. The van der Waals surface area contributed by atoms with Crippen LogP contribution in [0.15, 0.2) is 47.5 Å². The number of para-hydroxylation sites is 1. The minimum atomic E-state index is -3.56. The number of anilines is 2. The SMILES string of the molecule is CC1Cc2ccccc2N1c1ccc(S(=O)(=O)N(C(C)C)C(C)C)cn1. The maximum absolute atomic E-state index is 13.0. The van der Waals surface area contributed by atoms with Gasteiger partial charge in [-0.25, -0.2) is 13.4 Å². The number of hydrogen-bond donors (Lipinski definition) is 0. The summed E-state index contributed by atoms with van der Waals surface area (Å²) in [5.74, 6) is 0.780. The van der Waals surface area contributed by atoms with Gasteiger partial charge < -0.3 is 4.90 Å². The Hall–Kier alpha value is -1.92. The highest BCUT2D eigenvalue weighted by molar-refractivity contribution is 7.89. The number of sulfonamides is 1. The zero-order valence-corrected chi connectivity index (χ0v) is 16.9. The molecule has 0 amide bonds. The number of aromatic nitrogens is 1. The Labute approximate surface area is 156 Å². The zero-order chi connectivity index (χ0) is 19.1. The van der Waals surface area contributed by atoms with Crippen molar-refractivity contribution in [1.29, 1.82) is 0 Å². The van der Waals surface area contributed by atoms with Gasteiger partial charge >= 0.3 is 0 Å². The Kier molecular flexibility index (Phi) is 5.08. The summed E-state index contributed by atoms with van der Waals surface area (Å²) >= 11 is 0. The highest BCUT2D eigenvalue weighted by atomic mass is 32.2. The minimum Gasteiger partial charge on any atom is -0.323 e. The molecule has 0 radical (unpaired) electrons. The summed E-state index contributed by atoms with van der Waals surface area (Å²) in [5.41, 5.74) is 2.44. The van der Waals surface area contributed by atoms with Gasteiger partial charge in [-0.05, 0) is 64.8 Å². The lowest BCUT2D eigenvalue weighted by Gasteiger charge is -2.29. The van der Waals surface area contributed by atoms with E-state index in [0.717, 1.165) is 17.9 Å². The molecule has 0 spiro atoms. The quantitative estimate of drug-likeness (QED) is 0.796. The number of pyridine rings is 1. The molecule has 0 saturated heterocycles. The van der Waals surface area contributed by atoms with Crippen molar-refractivity contribution in [3.8, 4) is 0 Å². The normalized spacial score (nSPS) is 17.4. The average molecular weight is 374 g/mol. The molecule has 1 aromatic heterocycles. The molecule has 1 unspecified atom stereocenters. The first kappa shape index (κ1) is 18.9. The van der Waals surface area contributed by atoms with Crippen LogP contribution in [0.2, 0.25) is 0 Å². The molecule has 1 aliphatic heterocycles. The van der Waals surface area contributed by atoms with Crippen molar-refractivity contribution in [2.45, 2.75) is 64.1 Å². The first-order valence-electron chi connectivity index (χ1n) is 9.10. The molecule has 0 N–H and O–H groups in total. The van der Waals surface area contributed by atoms with Gasteiger partial charge in [0.1, 0.15) is 10.7 Å². The largest absolute Gasteiger partial charge is 0.323 e. The fourth-order valence-corrected chi connectivity index (χ4v) is 5.63. The van der Waals surface area contributed by atoms with Crippen molar-refractivity contribution in [3.63, 3.8) is 0 Å². The third-order valence-corrected chi connectivity index (χ3v) is 7.00. The molecule has 1 atom stereocenters. The summed E-state index contributed by atoms with van der Waals surface area (Å²) in [6, 6.07) is 11.8. The van der Waals surface area contributed by atoms with E-state index in [9.17, 15) is 8.42 Å². The number of hydrogen-bond acceptors (Lipinski definition) is 4. The molecule has 3 rings (SSSR count). The molecule has 0 aliphatic carbocycles. The van der Waals surface area contributed by atoms with Crippen LogP contribution in [0.1, 0.15) is 40.2 Å². The topological polar surface area (TPSA) is 53.5 Å². The maximum Gasteiger partial charge on any atom is 0.245 e. The van der Waals surface area contributed by atoms with Crippen LogP contribution in [0.25, 0.3) is 0 Å². The number of rotatable bonds is 5. The fraction of sp³-hybridized carbons (Fsp3) is 0.450. The van der Waals surface area contributed by atoms with Crippen LogP contribution in [0.5, 0.6) is 0 Å². The zero-order valence-electron chi connectivity index (χ0n) is 16.0. The van der Waals surface area contributed by atoms with Crippen molar-refractivity contribution in [3.05, 3.63) is 48.2 Å². The van der Waals surface area contributed by atoms with Gasteiger partial charge in [-0.3, -0.25) is 0 Å².